The highest BCUT2D eigenvalue weighted by molar-refractivity contribution is 5.37. The summed E-state index contributed by atoms with van der Waals surface area (Å²) in [5.41, 5.74) is 4.33. The number of aromatic nitrogens is 4. The third kappa shape index (κ3) is 3.80. The first kappa shape index (κ1) is 18.2. The SMILES string of the molecule is Cc1cnn(-c2ccc([C@@H](C)N[C@H](C)c3cnc(C)nc3C)cc2F)c1. The summed E-state index contributed by atoms with van der Waals surface area (Å²) in [6.45, 7) is 9.87. The van der Waals surface area contributed by atoms with E-state index in [0.29, 0.717) is 5.69 Å². The minimum absolute atomic E-state index is 0.0198. The van der Waals surface area contributed by atoms with E-state index in [2.05, 4.69) is 27.3 Å². The molecule has 1 N–H and O–H groups in total. The predicted octanol–water partition coefficient (Wildman–Crippen LogP) is 4.14. The second-order valence-electron chi connectivity index (χ2n) is 6.74. The van der Waals surface area contributed by atoms with Crippen LogP contribution in [0, 0.1) is 26.6 Å². The number of rotatable bonds is 5. The van der Waals surface area contributed by atoms with Crippen molar-refractivity contribution in [3.63, 3.8) is 0 Å². The van der Waals surface area contributed by atoms with E-state index in [-0.39, 0.29) is 17.9 Å². The van der Waals surface area contributed by atoms with Crippen LogP contribution in [0.4, 0.5) is 4.39 Å². The minimum Gasteiger partial charge on any atom is -0.304 e. The number of halogens is 1. The Morgan fingerprint density at radius 1 is 1.08 bits per heavy atom. The second kappa shape index (κ2) is 7.33. The smallest absolute Gasteiger partial charge is 0.149 e. The maximum atomic E-state index is 14.6. The molecule has 2 heterocycles. The molecule has 1 aromatic carbocycles. The molecule has 2 atom stereocenters. The van der Waals surface area contributed by atoms with Gasteiger partial charge in [0.15, 0.2) is 0 Å². The molecular weight excluding hydrogens is 329 g/mol. The van der Waals surface area contributed by atoms with Crippen molar-refractivity contribution < 1.29 is 4.39 Å². The van der Waals surface area contributed by atoms with E-state index in [4.69, 9.17) is 0 Å². The number of nitrogens with zero attached hydrogens (tertiary/aromatic N) is 4. The minimum atomic E-state index is -0.290. The first-order valence-electron chi connectivity index (χ1n) is 8.72. The molecule has 3 rings (SSSR count). The van der Waals surface area contributed by atoms with Crippen LogP contribution in [0.5, 0.6) is 0 Å². The van der Waals surface area contributed by atoms with Gasteiger partial charge in [0.05, 0.1) is 6.20 Å². The Hall–Kier alpha value is -2.60. The standard InChI is InChI=1S/C20H24FN5/c1-12-9-23-26(11-12)20-7-6-17(8-19(20)21)13(2)24-14(3)18-10-22-16(5)25-15(18)4/h6-11,13-14,24H,1-5H3/t13-,14-/m1/s1. The fourth-order valence-corrected chi connectivity index (χ4v) is 3.10. The van der Waals surface area contributed by atoms with Crippen LogP contribution in [0.2, 0.25) is 0 Å². The fraction of sp³-hybridized carbons (Fsp3) is 0.350. The van der Waals surface area contributed by atoms with Crippen molar-refractivity contribution >= 4 is 0 Å². The normalized spacial score (nSPS) is 13.6. The largest absolute Gasteiger partial charge is 0.304 e. The van der Waals surface area contributed by atoms with Crippen molar-refractivity contribution in [2.45, 2.75) is 46.7 Å². The Morgan fingerprint density at radius 2 is 1.85 bits per heavy atom. The maximum Gasteiger partial charge on any atom is 0.149 e. The van der Waals surface area contributed by atoms with Crippen molar-refractivity contribution in [2.75, 3.05) is 0 Å². The van der Waals surface area contributed by atoms with Crippen LogP contribution in [0.3, 0.4) is 0 Å². The molecule has 2 aromatic heterocycles. The quantitative estimate of drug-likeness (QED) is 0.749. The summed E-state index contributed by atoms with van der Waals surface area (Å²) in [5.74, 6) is 0.472. The summed E-state index contributed by atoms with van der Waals surface area (Å²) in [4.78, 5) is 8.70. The average Bonchev–Trinajstić information content (AvgIpc) is 3.00. The Morgan fingerprint density at radius 3 is 2.46 bits per heavy atom. The lowest BCUT2D eigenvalue weighted by Gasteiger charge is -2.22. The van der Waals surface area contributed by atoms with Gasteiger partial charge in [-0.05, 0) is 57.9 Å². The molecule has 136 valence electrons. The highest BCUT2D eigenvalue weighted by atomic mass is 19.1. The van der Waals surface area contributed by atoms with Crippen molar-refractivity contribution in [3.05, 3.63) is 70.8 Å². The number of aryl methyl sites for hydroxylation is 3. The van der Waals surface area contributed by atoms with Gasteiger partial charge in [-0.3, -0.25) is 0 Å². The van der Waals surface area contributed by atoms with Crippen LogP contribution < -0.4 is 5.32 Å². The van der Waals surface area contributed by atoms with E-state index in [1.54, 1.807) is 23.0 Å². The highest BCUT2D eigenvalue weighted by Crippen LogP contribution is 2.23. The first-order chi connectivity index (χ1) is 12.3. The Bertz CT molecular complexity index is 918. The van der Waals surface area contributed by atoms with Crippen LogP contribution in [-0.2, 0) is 0 Å². The van der Waals surface area contributed by atoms with Crippen LogP contribution >= 0.6 is 0 Å². The van der Waals surface area contributed by atoms with Crippen LogP contribution in [0.1, 0.15) is 54.1 Å². The van der Waals surface area contributed by atoms with Gasteiger partial charge < -0.3 is 5.32 Å². The molecule has 0 saturated carbocycles. The van der Waals surface area contributed by atoms with E-state index in [1.807, 2.05) is 46.2 Å². The first-order valence-corrected chi connectivity index (χ1v) is 8.72. The third-order valence-corrected chi connectivity index (χ3v) is 4.53. The lowest BCUT2D eigenvalue weighted by molar-refractivity contribution is 0.487. The lowest BCUT2D eigenvalue weighted by Crippen LogP contribution is -2.24. The molecule has 0 unspecified atom stereocenters. The summed E-state index contributed by atoms with van der Waals surface area (Å²) in [6.07, 6.45) is 5.37. The van der Waals surface area contributed by atoms with E-state index in [1.165, 1.54) is 0 Å². The molecule has 0 saturated heterocycles. The summed E-state index contributed by atoms with van der Waals surface area (Å²) in [7, 11) is 0. The summed E-state index contributed by atoms with van der Waals surface area (Å²) >= 11 is 0. The summed E-state index contributed by atoms with van der Waals surface area (Å²) in [5, 5.41) is 7.67. The van der Waals surface area contributed by atoms with Gasteiger partial charge in [0, 0.05) is 35.7 Å². The molecule has 26 heavy (non-hydrogen) atoms. The third-order valence-electron chi connectivity index (χ3n) is 4.53. The molecule has 5 nitrogen and oxygen atoms in total. The molecule has 0 amide bonds. The number of hydrogen-bond donors (Lipinski definition) is 1. The molecular formula is C20H24FN5. The maximum absolute atomic E-state index is 14.6. The highest BCUT2D eigenvalue weighted by Gasteiger charge is 2.16. The van der Waals surface area contributed by atoms with Crippen LogP contribution in [-0.4, -0.2) is 19.7 Å². The van der Waals surface area contributed by atoms with Gasteiger partial charge in [-0.15, -0.1) is 0 Å². The number of nitrogens with one attached hydrogen (secondary N) is 1. The number of benzene rings is 1. The summed E-state index contributed by atoms with van der Waals surface area (Å²) < 4.78 is 16.1. The molecule has 0 spiro atoms. The molecule has 0 fully saturated rings. The topological polar surface area (TPSA) is 55.6 Å². The number of hydrogen-bond acceptors (Lipinski definition) is 4. The van der Waals surface area contributed by atoms with Gasteiger partial charge in [-0.1, -0.05) is 6.07 Å². The monoisotopic (exact) mass is 353 g/mol. The van der Waals surface area contributed by atoms with Gasteiger partial charge in [-0.25, -0.2) is 19.0 Å². The fourth-order valence-electron chi connectivity index (χ4n) is 3.10. The van der Waals surface area contributed by atoms with Gasteiger partial charge in [-0.2, -0.15) is 5.10 Å². The van der Waals surface area contributed by atoms with Crippen molar-refractivity contribution in [3.8, 4) is 5.69 Å². The second-order valence-corrected chi connectivity index (χ2v) is 6.74. The zero-order valence-electron chi connectivity index (χ0n) is 15.8. The Labute approximate surface area is 153 Å². The average molecular weight is 353 g/mol. The van der Waals surface area contributed by atoms with E-state index >= 15 is 0 Å². The van der Waals surface area contributed by atoms with Gasteiger partial charge >= 0.3 is 0 Å². The molecule has 0 radical (unpaired) electrons. The van der Waals surface area contributed by atoms with Crippen molar-refractivity contribution in [1.82, 2.24) is 25.1 Å². The molecule has 3 aromatic rings. The molecule has 0 aliphatic carbocycles. The van der Waals surface area contributed by atoms with E-state index in [0.717, 1.165) is 28.2 Å². The van der Waals surface area contributed by atoms with Crippen molar-refractivity contribution in [2.24, 2.45) is 0 Å². The molecule has 0 aliphatic heterocycles. The lowest BCUT2D eigenvalue weighted by atomic mass is 10.0. The van der Waals surface area contributed by atoms with E-state index in [9.17, 15) is 4.39 Å². The molecule has 6 heteroatoms. The van der Waals surface area contributed by atoms with Gasteiger partial charge in [0.1, 0.15) is 17.3 Å². The zero-order valence-corrected chi connectivity index (χ0v) is 15.8. The van der Waals surface area contributed by atoms with Gasteiger partial charge in [0.2, 0.25) is 0 Å². The van der Waals surface area contributed by atoms with E-state index < -0.39 is 0 Å². The molecule has 0 aliphatic rings. The Balaban J connectivity index is 1.77. The predicted molar refractivity (Wildman–Crippen MR) is 99.7 cm³/mol. The van der Waals surface area contributed by atoms with Gasteiger partial charge in [0.25, 0.3) is 0 Å². The Kier molecular flexibility index (Phi) is 5.13. The van der Waals surface area contributed by atoms with Crippen LogP contribution in [0.15, 0.2) is 36.8 Å². The van der Waals surface area contributed by atoms with Crippen molar-refractivity contribution in [1.29, 1.82) is 0 Å². The van der Waals surface area contributed by atoms with Crippen LogP contribution in [0.25, 0.3) is 5.69 Å². The zero-order chi connectivity index (χ0) is 18.8. The molecule has 0 bridgehead atoms. The summed E-state index contributed by atoms with van der Waals surface area (Å²) in [6, 6.07) is 5.30.